The Kier molecular flexibility index (Phi) is 6.17. The predicted molar refractivity (Wildman–Crippen MR) is 110 cm³/mol. The van der Waals surface area contributed by atoms with E-state index in [1.165, 1.54) is 5.56 Å². The average Bonchev–Trinajstić information content (AvgIpc) is 3.10. The van der Waals surface area contributed by atoms with Gasteiger partial charge >= 0.3 is 5.97 Å². The Morgan fingerprint density at radius 2 is 1.78 bits per heavy atom. The number of nitrogens with zero attached hydrogens (tertiary/aromatic N) is 2. The Labute approximate surface area is 163 Å². The van der Waals surface area contributed by atoms with Crippen molar-refractivity contribution in [3.8, 4) is 0 Å². The van der Waals surface area contributed by atoms with Gasteiger partial charge in [0.05, 0.1) is 30.6 Å². The molecule has 0 spiro atoms. The molecule has 0 atom stereocenters. The summed E-state index contributed by atoms with van der Waals surface area (Å²) in [4.78, 5) is 11.7. The maximum atomic E-state index is 11.7. The van der Waals surface area contributed by atoms with Crippen LogP contribution >= 0.6 is 12.2 Å². The van der Waals surface area contributed by atoms with Gasteiger partial charge in [-0.2, -0.15) is 5.10 Å². The molecule has 27 heavy (non-hydrogen) atoms. The quantitative estimate of drug-likeness (QED) is 0.499. The molecular weight excluding hydrogens is 360 g/mol. The molecule has 3 aromatic rings. The van der Waals surface area contributed by atoms with Crippen molar-refractivity contribution >= 4 is 34.7 Å². The first-order valence-corrected chi connectivity index (χ1v) is 8.96. The molecule has 0 aliphatic carbocycles. The maximum Gasteiger partial charge on any atom is 0.338 e. The number of benzene rings is 2. The number of aromatic nitrogens is 2. The van der Waals surface area contributed by atoms with Crippen LogP contribution in [0.5, 0.6) is 0 Å². The predicted octanol–water partition coefficient (Wildman–Crippen LogP) is 3.92. The Morgan fingerprint density at radius 3 is 2.48 bits per heavy atom. The molecular formula is C20H20N4O2S. The molecule has 0 aliphatic rings. The summed E-state index contributed by atoms with van der Waals surface area (Å²) in [7, 11) is 0. The Morgan fingerprint density at radius 1 is 1.07 bits per heavy atom. The second kappa shape index (κ2) is 8.95. The lowest BCUT2D eigenvalue weighted by Gasteiger charge is -2.09. The molecule has 0 amide bonds. The topological polar surface area (TPSA) is 68.2 Å². The van der Waals surface area contributed by atoms with Crippen molar-refractivity contribution in [1.82, 2.24) is 9.78 Å². The summed E-state index contributed by atoms with van der Waals surface area (Å²) in [6.07, 6.45) is 3.62. The molecule has 1 aromatic heterocycles. The van der Waals surface area contributed by atoms with Gasteiger partial charge in [-0.15, -0.1) is 0 Å². The lowest BCUT2D eigenvalue weighted by atomic mass is 10.2. The molecule has 1 heterocycles. The molecule has 6 nitrogen and oxygen atoms in total. The van der Waals surface area contributed by atoms with Crippen LogP contribution in [-0.4, -0.2) is 27.5 Å². The summed E-state index contributed by atoms with van der Waals surface area (Å²) in [5, 5.41) is 11.0. The van der Waals surface area contributed by atoms with Gasteiger partial charge in [0.15, 0.2) is 5.11 Å². The van der Waals surface area contributed by atoms with Crippen molar-refractivity contribution in [3.05, 3.63) is 78.1 Å². The highest BCUT2D eigenvalue weighted by molar-refractivity contribution is 7.80. The van der Waals surface area contributed by atoms with Gasteiger partial charge in [-0.25, -0.2) is 4.79 Å². The highest BCUT2D eigenvalue weighted by atomic mass is 32.1. The number of nitrogens with one attached hydrogen (secondary N) is 2. The van der Waals surface area contributed by atoms with Crippen LogP contribution in [-0.2, 0) is 11.3 Å². The number of rotatable bonds is 6. The van der Waals surface area contributed by atoms with Gasteiger partial charge in [0.1, 0.15) is 0 Å². The van der Waals surface area contributed by atoms with Gasteiger partial charge in [-0.1, -0.05) is 30.3 Å². The normalized spacial score (nSPS) is 10.3. The van der Waals surface area contributed by atoms with E-state index < -0.39 is 0 Å². The van der Waals surface area contributed by atoms with Gasteiger partial charge in [0, 0.05) is 11.9 Å². The third-order valence-electron chi connectivity index (χ3n) is 3.73. The monoisotopic (exact) mass is 380 g/mol. The van der Waals surface area contributed by atoms with Crippen molar-refractivity contribution in [2.75, 3.05) is 17.2 Å². The van der Waals surface area contributed by atoms with E-state index in [0.717, 1.165) is 11.4 Å². The molecule has 2 N–H and O–H groups in total. The average molecular weight is 380 g/mol. The molecule has 2 aromatic carbocycles. The van der Waals surface area contributed by atoms with E-state index in [-0.39, 0.29) is 5.97 Å². The van der Waals surface area contributed by atoms with Crippen LogP contribution in [0.4, 0.5) is 11.4 Å². The summed E-state index contributed by atoms with van der Waals surface area (Å²) in [6.45, 7) is 2.82. The van der Waals surface area contributed by atoms with Crippen LogP contribution in [0.1, 0.15) is 22.8 Å². The number of hydrogen-bond donors (Lipinski definition) is 2. The Balaban J connectivity index is 1.54. The van der Waals surface area contributed by atoms with E-state index in [1.54, 1.807) is 37.4 Å². The largest absolute Gasteiger partial charge is 0.462 e. The fraction of sp³-hybridized carbons (Fsp3) is 0.150. The zero-order valence-electron chi connectivity index (χ0n) is 14.9. The number of thiocarbonyl (C=S) groups is 1. The third kappa shape index (κ3) is 5.39. The number of ether oxygens (including phenoxy) is 1. The first-order valence-electron chi connectivity index (χ1n) is 8.55. The van der Waals surface area contributed by atoms with Gasteiger partial charge in [0.25, 0.3) is 0 Å². The summed E-state index contributed by atoms with van der Waals surface area (Å²) in [5.41, 5.74) is 3.25. The highest BCUT2D eigenvalue weighted by Crippen LogP contribution is 2.13. The molecule has 0 saturated heterocycles. The number of carbonyl (C=O) groups is 1. The zero-order valence-corrected chi connectivity index (χ0v) is 15.7. The first kappa shape index (κ1) is 18.6. The summed E-state index contributed by atoms with van der Waals surface area (Å²) >= 11 is 5.33. The molecule has 7 heteroatoms. The fourth-order valence-corrected chi connectivity index (χ4v) is 2.72. The van der Waals surface area contributed by atoms with E-state index in [2.05, 4.69) is 27.9 Å². The molecule has 0 saturated carbocycles. The lowest BCUT2D eigenvalue weighted by Crippen LogP contribution is -2.18. The van der Waals surface area contributed by atoms with E-state index in [0.29, 0.717) is 23.8 Å². The molecule has 0 unspecified atom stereocenters. The highest BCUT2D eigenvalue weighted by Gasteiger charge is 2.07. The standard InChI is InChI=1S/C20H20N4O2S/c1-2-26-19(25)16-8-10-17(11-9-16)22-20(27)23-18-12-21-24(14-18)13-15-6-4-3-5-7-15/h3-12,14H,2,13H2,1H3,(H2,22,23,27). The minimum atomic E-state index is -0.337. The van der Waals surface area contributed by atoms with Gasteiger partial charge in [-0.3, -0.25) is 4.68 Å². The zero-order chi connectivity index (χ0) is 19.1. The third-order valence-corrected chi connectivity index (χ3v) is 3.94. The molecule has 3 rings (SSSR count). The van der Waals surface area contributed by atoms with Crippen LogP contribution in [0.3, 0.4) is 0 Å². The maximum absolute atomic E-state index is 11.7. The van der Waals surface area contributed by atoms with E-state index in [4.69, 9.17) is 17.0 Å². The second-order valence-electron chi connectivity index (χ2n) is 5.79. The molecule has 0 radical (unpaired) electrons. The molecule has 0 bridgehead atoms. The van der Waals surface area contributed by atoms with Crippen LogP contribution < -0.4 is 10.6 Å². The van der Waals surface area contributed by atoms with E-state index in [9.17, 15) is 4.79 Å². The van der Waals surface area contributed by atoms with Crippen molar-refractivity contribution in [2.24, 2.45) is 0 Å². The number of esters is 1. The van der Waals surface area contributed by atoms with Crippen LogP contribution in [0.2, 0.25) is 0 Å². The van der Waals surface area contributed by atoms with Gasteiger partial charge < -0.3 is 15.4 Å². The smallest absolute Gasteiger partial charge is 0.338 e. The van der Waals surface area contributed by atoms with Gasteiger partial charge in [-0.05, 0) is 49.0 Å². The number of anilines is 2. The molecule has 0 aliphatic heterocycles. The lowest BCUT2D eigenvalue weighted by molar-refractivity contribution is 0.0526. The van der Waals surface area contributed by atoms with Crippen molar-refractivity contribution < 1.29 is 9.53 Å². The van der Waals surface area contributed by atoms with Crippen molar-refractivity contribution in [1.29, 1.82) is 0 Å². The molecule has 138 valence electrons. The second-order valence-corrected chi connectivity index (χ2v) is 6.20. The van der Waals surface area contributed by atoms with Crippen LogP contribution in [0, 0.1) is 0 Å². The van der Waals surface area contributed by atoms with Gasteiger partial charge in [0.2, 0.25) is 0 Å². The fourth-order valence-electron chi connectivity index (χ4n) is 2.48. The van der Waals surface area contributed by atoms with Crippen molar-refractivity contribution in [3.63, 3.8) is 0 Å². The number of hydrogen-bond acceptors (Lipinski definition) is 4. The minimum absolute atomic E-state index is 0.337. The van der Waals surface area contributed by atoms with Crippen LogP contribution in [0.25, 0.3) is 0 Å². The summed E-state index contributed by atoms with van der Waals surface area (Å²) < 4.78 is 6.81. The summed E-state index contributed by atoms with van der Waals surface area (Å²) in [5.74, 6) is -0.337. The summed E-state index contributed by atoms with van der Waals surface area (Å²) in [6, 6.07) is 17.1. The van der Waals surface area contributed by atoms with Crippen LogP contribution in [0.15, 0.2) is 67.0 Å². The molecule has 0 fully saturated rings. The van der Waals surface area contributed by atoms with E-state index >= 15 is 0 Å². The first-order chi connectivity index (χ1) is 13.1. The van der Waals surface area contributed by atoms with E-state index in [1.807, 2.05) is 29.1 Å². The SMILES string of the molecule is CCOC(=O)c1ccc(NC(=S)Nc2cnn(Cc3ccccc3)c2)cc1. The van der Waals surface area contributed by atoms with Crippen molar-refractivity contribution in [2.45, 2.75) is 13.5 Å². The minimum Gasteiger partial charge on any atom is -0.462 e. The number of carbonyl (C=O) groups excluding carboxylic acids is 1. The Hall–Kier alpha value is -3.19. The Bertz CT molecular complexity index is 907.